The molecule has 3 N–H and O–H groups in total. The van der Waals surface area contributed by atoms with E-state index in [1.54, 1.807) is 0 Å². The normalized spacial score (nSPS) is 36.7. The number of nitrogens with two attached hydrogens (primary N) is 1. The van der Waals surface area contributed by atoms with Crippen LogP contribution in [-0.4, -0.2) is 30.5 Å². The zero-order valence-corrected chi connectivity index (χ0v) is 5.42. The molecule has 54 valence electrons. The second-order valence-electron chi connectivity index (χ2n) is 2.41. The van der Waals surface area contributed by atoms with Gasteiger partial charge in [0.2, 0.25) is 0 Å². The molecule has 0 spiro atoms. The Morgan fingerprint density at radius 3 is 2.89 bits per heavy atom. The molecule has 0 aromatic carbocycles. The van der Waals surface area contributed by atoms with Gasteiger partial charge in [0, 0.05) is 19.6 Å². The lowest BCUT2D eigenvalue weighted by molar-refractivity contribution is -0.0383. The number of hydrogen-bond donors (Lipinski definition) is 2. The minimum absolute atomic E-state index is 0.0914. The number of hydrogen-bond acceptors (Lipinski definition) is 3. The van der Waals surface area contributed by atoms with Crippen LogP contribution in [0.2, 0.25) is 0 Å². The summed E-state index contributed by atoms with van der Waals surface area (Å²) in [5.41, 5.74) is 5.33. The minimum atomic E-state index is -0.188. The Hall–Kier alpha value is -0.120. The molecule has 1 aliphatic heterocycles. The van der Waals surface area contributed by atoms with Gasteiger partial charge in [-0.2, -0.15) is 0 Å². The van der Waals surface area contributed by atoms with Crippen molar-refractivity contribution in [1.82, 2.24) is 0 Å². The van der Waals surface area contributed by atoms with Crippen LogP contribution in [0.25, 0.3) is 0 Å². The largest absolute Gasteiger partial charge is 0.393 e. The Balaban J connectivity index is 2.23. The van der Waals surface area contributed by atoms with Crippen LogP contribution in [0.1, 0.15) is 12.8 Å². The van der Waals surface area contributed by atoms with Crippen molar-refractivity contribution in [3.8, 4) is 0 Å². The third kappa shape index (κ3) is 1.93. The second-order valence-corrected chi connectivity index (χ2v) is 2.41. The van der Waals surface area contributed by atoms with Gasteiger partial charge in [-0.15, -0.1) is 0 Å². The summed E-state index contributed by atoms with van der Waals surface area (Å²) in [6, 6.07) is 0. The molecule has 2 atom stereocenters. The second kappa shape index (κ2) is 3.15. The Kier molecular flexibility index (Phi) is 2.45. The monoisotopic (exact) mass is 131 g/mol. The first kappa shape index (κ1) is 6.99. The molecule has 1 saturated heterocycles. The van der Waals surface area contributed by atoms with Crippen LogP contribution in [-0.2, 0) is 4.74 Å². The van der Waals surface area contributed by atoms with Crippen molar-refractivity contribution < 1.29 is 9.84 Å². The first-order valence-corrected chi connectivity index (χ1v) is 3.32. The van der Waals surface area contributed by atoms with Gasteiger partial charge in [0.1, 0.15) is 0 Å². The third-order valence-corrected chi connectivity index (χ3v) is 1.60. The number of aliphatic hydroxyl groups is 1. The van der Waals surface area contributed by atoms with E-state index >= 15 is 0 Å². The number of aliphatic hydroxyl groups excluding tert-OH is 1. The standard InChI is InChI=1S/C6H13NO2/c7-4-6-3-5(8)1-2-9-6/h5-6,8H,1-4,7H2/t5-,6-/m1/s1. The first-order valence-electron chi connectivity index (χ1n) is 3.32. The lowest BCUT2D eigenvalue weighted by Gasteiger charge is -2.24. The van der Waals surface area contributed by atoms with Crippen molar-refractivity contribution in [2.45, 2.75) is 25.0 Å². The lowest BCUT2D eigenvalue weighted by atomic mass is 10.1. The predicted octanol–water partition coefficient (Wildman–Crippen LogP) is -0.515. The number of ether oxygens (including phenoxy) is 1. The molecular formula is C6H13NO2. The Morgan fingerprint density at radius 1 is 1.67 bits per heavy atom. The summed E-state index contributed by atoms with van der Waals surface area (Å²) in [5, 5.41) is 9.08. The summed E-state index contributed by atoms with van der Waals surface area (Å²) in [7, 11) is 0. The van der Waals surface area contributed by atoms with Crippen molar-refractivity contribution >= 4 is 0 Å². The molecule has 0 saturated carbocycles. The summed E-state index contributed by atoms with van der Waals surface area (Å²) in [6.07, 6.45) is 1.37. The molecule has 1 rings (SSSR count). The van der Waals surface area contributed by atoms with Gasteiger partial charge in [-0.1, -0.05) is 0 Å². The van der Waals surface area contributed by atoms with Crippen LogP contribution in [0.5, 0.6) is 0 Å². The average molecular weight is 131 g/mol. The van der Waals surface area contributed by atoms with Crippen LogP contribution < -0.4 is 5.73 Å². The van der Waals surface area contributed by atoms with E-state index in [2.05, 4.69) is 0 Å². The van der Waals surface area contributed by atoms with Gasteiger partial charge in [0.25, 0.3) is 0 Å². The van der Waals surface area contributed by atoms with Gasteiger partial charge < -0.3 is 15.6 Å². The van der Waals surface area contributed by atoms with Gasteiger partial charge in [0.15, 0.2) is 0 Å². The van der Waals surface area contributed by atoms with Gasteiger partial charge in [0.05, 0.1) is 12.2 Å². The molecule has 1 aliphatic rings. The van der Waals surface area contributed by atoms with E-state index in [-0.39, 0.29) is 12.2 Å². The van der Waals surface area contributed by atoms with Gasteiger partial charge in [-0.3, -0.25) is 0 Å². The lowest BCUT2D eigenvalue weighted by Crippen LogP contribution is -2.34. The predicted molar refractivity (Wildman–Crippen MR) is 34.0 cm³/mol. The Labute approximate surface area is 54.8 Å². The molecule has 1 fully saturated rings. The Bertz CT molecular complexity index is 87.1. The maximum absolute atomic E-state index is 9.08. The molecule has 9 heavy (non-hydrogen) atoms. The van der Waals surface area contributed by atoms with E-state index in [0.717, 1.165) is 6.42 Å². The molecule has 0 unspecified atom stereocenters. The minimum Gasteiger partial charge on any atom is -0.393 e. The topological polar surface area (TPSA) is 55.5 Å². The quantitative estimate of drug-likeness (QED) is 0.503. The summed E-state index contributed by atoms with van der Waals surface area (Å²) < 4.78 is 5.21. The fourth-order valence-corrected chi connectivity index (χ4v) is 1.02. The molecule has 3 nitrogen and oxygen atoms in total. The summed E-state index contributed by atoms with van der Waals surface area (Å²) in [5.74, 6) is 0. The van der Waals surface area contributed by atoms with E-state index < -0.39 is 0 Å². The summed E-state index contributed by atoms with van der Waals surface area (Å²) >= 11 is 0. The van der Waals surface area contributed by atoms with Gasteiger partial charge >= 0.3 is 0 Å². The van der Waals surface area contributed by atoms with E-state index in [4.69, 9.17) is 15.6 Å². The maximum atomic E-state index is 9.08. The van der Waals surface area contributed by atoms with Crippen LogP contribution in [0.3, 0.4) is 0 Å². The molecule has 0 radical (unpaired) electrons. The zero-order valence-electron chi connectivity index (χ0n) is 5.42. The van der Waals surface area contributed by atoms with E-state index in [9.17, 15) is 0 Å². The first-order chi connectivity index (χ1) is 4.33. The Morgan fingerprint density at radius 2 is 2.44 bits per heavy atom. The van der Waals surface area contributed by atoms with E-state index in [0.29, 0.717) is 19.6 Å². The SMILES string of the molecule is NC[C@H]1C[C@H](O)CCO1. The van der Waals surface area contributed by atoms with Gasteiger partial charge in [-0.25, -0.2) is 0 Å². The van der Waals surface area contributed by atoms with Crippen molar-refractivity contribution in [2.24, 2.45) is 5.73 Å². The molecule has 0 aromatic heterocycles. The summed E-state index contributed by atoms with van der Waals surface area (Å²) in [4.78, 5) is 0. The molecule has 0 aliphatic carbocycles. The highest BCUT2D eigenvalue weighted by Crippen LogP contribution is 2.11. The summed E-state index contributed by atoms with van der Waals surface area (Å²) in [6.45, 7) is 1.18. The molecule has 0 aromatic rings. The fraction of sp³-hybridized carbons (Fsp3) is 1.00. The van der Waals surface area contributed by atoms with Crippen LogP contribution >= 0.6 is 0 Å². The highest BCUT2D eigenvalue weighted by atomic mass is 16.5. The van der Waals surface area contributed by atoms with Crippen molar-refractivity contribution in [2.75, 3.05) is 13.2 Å². The molecule has 1 heterocycles. The van der Waals surface area contributed by atoms with Crippen LogP contribution in [0.15, 0.2) is 0 Å². The van der Waals surface area contributed by atoms with Crippen LogP contribution in [0, 0.1) is 0 Å². The van der Waals surface area contributed by atoms with Crippen molar-refractivity contribution in [3.05, 3.63) is 0 Å². The van der Waals surface area contributed by atoms with Crippen molar-refractivity contribution in [3.63, 3.8) is 0 Å². The average Bonchev–Trinajstić information content (AvgIpc) is 1.88. The van der Waals surface area contributed by atoms with Crippen molar-refractivity contribution in [1.29, 1.82) is 0 Å². The number of rotatable bonds is 1. The fourth-order valence-electron chi connectivity index (χ4n) is 1.02. The third-order valence-electron chi connectivity index (χ3n) is 1.60. The molecular weight excluding hydrogens is 118 g/mol. The smallest absolute Gasteiger partial charge is 0.0721 e. The molecule has 0 amide bonds. The zero-order chi connectivity index (χ0) is 6.69. The van der Waals surface area contributed by atoms with E-state index in [1.807, 2.05) is 0 Å². The van der Waals surface area contributed by atoms with E-state index in [1.165, 1.54) is 0 Å². The van der Waals surface area contributed by atoms with Crippen LogP contribution in [0.4, 0.5) is 0 Å². The van der Waals surface area contributed by atoms with Gasteiger partial charge in [-0.05, 0) is 6.42 Å². The molecule has 3 heteroatoms. The highest BCUT2D eigenvalue weighted by Gasteiger charge is 2.18. The maximum Gasteiger partial charge on any atom is 0.0721 e. The highest BCUT2D eigenvalue weighted by molar-refractivity contribution is 4.70. The molecule has 0 bridgehead atoms.